The van der Waals surface area contributed by atoms with Crippen LogP contribution in [0.4, 0.5) is 11.5 Å². The predicted molar refractivity (Wildman–Crippen MR) is 60.9 cm³/mol. The lowest BCUT2D eigenvalue weighted by Crippen LogP contribution is -2.13. The van der Waals surface area contributed by atoms with Crippen molar-refractivity contribution in [2.24, 2.45) is 5.73 Å². The van der Waals surface area contributed by atoms with Crippen molar-refractivity contribution in [3.63, 3.8) is 0 Å². The Morgan fingerprint density at radius 3 is 2.31 bits per heavy atom. The number of aromatic nitrogens is 2. The average molecular weight is 217 g/mol. The van der Waals surface area contributed by atoms with Gasteiger partial charge in [0.2, 0.25) is 0 Å². The molecule has 6 nitrogen and oxygen atoms in total. The zero-order valence-electron chi connectivity index (χ0n) is 8.42. The summed E-state index contributed by atoms with van der Waals surface area (Å²) in [4.78, 5) is 11.0. The molecule has 0 saturated heterocycles. The lowest BCUT2D eigenvalue weighted by molar-refractivity contribution is 0.100. The lowest BCUT2D eigenvalue weighted by Gasteiger charge is -2.04. The summed E-state index contributed by atoms with van der Waals surface area (Å²) in [7, 11) is 0. The number of amides is 1. The number of primary amides is 1. The number of nitrogen functional groups attached to an aromatic ring is 2. The van der Waals surface area contributed by atoms with Crippen molar-refractivity contribution < 1.29 is 4.79 Å². The van der Waals surface area contributed by atoms with Crippen LogP contribution in [-0.4, -0.2) is 15.7 Å². The second-order valence-corrected chi connectivity index (χ2v) is 3.31. The second kappa shape index (κ2) is 3.58. The van der Waals surface area contributed by atoms with Crippen LogP contribution in [0.2, 0.25) is 0 Å². The molecule has 0 atom stereocenters. The zero-order valence-corrected chi connectivity index (χ0v) is 8.42. The van der Waals surface area contributed by atoms with Gasteiger partial charge in [0.1, 0.15) is 11.4 Å². The average Bonchev–Trinajstić information content (AvgIpc) is 2.61. The van der Waals surface area contributed by atoms with E-state index in [9.17, 15) is 4.79 Å². The summed E-state index contributed by atoms with van der Waals surface area (Å²) in [6.45, 7) is 0. The van der Waals surface area contributed by atoms with E-state index in [-0.39, 0.29) is 11.4 Å². The van der Waals surface area contributed by atoms with Crippen molar-refractivity contribution in [2.45, 2.75) is 0 Å². The van der Waals surface area contributed by atoms with Gasteiger partial charge in [-0.3, -0.25) is 4.79 Å². The molecule has 1 aromatic carbocycles. The minimum absolute atomic E-state index is 0.205. The highest BCUT2D eigenvalue weighted by molar-refractivity contribution is 5.97. The number of hydrogen-bond acceptors (Lipinski definition) is 4. The fourth-order valence-electron chi connectivity index (χ4n) is 1.37. The summed E-state index contributed by atoms with van der Waals surface area (Å²) >= 11 is 0. The molecular weight excluding hydrogens is 206 g/mol. The Kier molecular flexibility index (Phi) is 2.24. The van der Waals surface area contributed by atoms with Crippen LogP contribution in [0.3, 0.4) is 0 Å². The topological polar surface area (TPSA) is 113 Å². The summed E-state index contributed by atoms with van der Waals surface area (Å²) in [5.74, 6) is -0.378. The Labute approximate surface area is 91.6 Å². The van der Waals surface area contributed by atoms with E-state index in [4.69, 9.17) is 17.2 Å². The van der Waals surface area contributed by atoms with Gasteiger partial charge in [-0.25, -0.2) is 4.68 Å². The quantitative estimate of drug-likeness (QED) is 0.620. The minimum atomic E-state index is -0.598. The number of carbonyl (C=O) groups excluding carboxylic acids is 1. The SMILES string of the molecule is NC(=O)c1cnn(-c2ccc(N)cc2)c1N. The molecule has 0 saturated carbocycles. The maximum Gasteiger partial charge on any atom is 0.254 e. The van der Waals surface area contributed by atoms with E-state index < -0.39 is 5.91 Å². The van der Waals surface area contributed by atoms with Crippen LogP contribution in [-0.2, 0) is 0 Å². The molecule has 0 fully saturated rings. The number of rotatable bonds is 2. The highest BCUT2D eigenvalue weighted by Gasteiger charge is 2.12. The van der Waals surface area contributed by atoms with Crippen molar-refractivity contribution in [3.8, 4) is 5.69 Å². The summed E-state index contributed by atoms with van der Waals surface area (Å²) in [6, 6.07) is 6.95. The summed E-state index contributed by atoms with van der Waals surface area (Å²) in [6.07, 6.45) is 1.34. The van der Waals surface area contributed by atoms with Crippen molar-refractivity contribution in [2.75, 3.05) is 11.5 Å². The van der Waals surface area contributed by atoms with Gasteiger partial charge in [0.15, 0.2) is 0 Å². The summed E-state index contributed by atoms with van der Waals surface area (Å²) in [5.41, 5.74) is 18.0. The molecule has 0 spiro atoms. The van der Waals surface area contributed by atoms with E-state index in [1.807, 2.05) is 0 Å². The van der Waals surface area contributed by atoms with Gasteiger partial charge in [-0.1, -0.05) is 0 Å². The molecule has 0 aliphatic carbocycles. The van der Waals surface area contributed by atoms with E-state index in [2.05, 4.69) is 5.10 Å². The number of anilines is 2. The van der Waals surface area contributed by atoms with E-state index in [1.54, 1.807) is 24.3 Å². The van der Waals surface area contributed by atoms with Gasteiger partial charge in [-0.2, -0.15) is 5.10 Å². The van der Waals surface area contributed by atoms with Crippen LogP contribution in [0.25, 0.3) is 5.69 Å². The first-order valence-electron chi connectivity index (χ1n) is 4.59. The van der Waals surface area contributed by atoms with Gasteiger partial charge < -0.3 is 17.2 Å². The number of benzene rings is 1. The molecule has 0 aliphatic rings. The molecule has 0 aliphatic heterocycles. The fourth-order valence-corrected chi connectivity index (χ4v) is 1.37. The molecule has 0 bridgehead atoms. The molecule has 82 valence electrons. The monoisotopic (exact) mass is 217 g/mol. The number of carbonyl (C=O) groups is 1. The van der Waals surface area contributed by atoms with Gasteiger partial charge in [0.05, 0.1) is 11.9 Å². The molecular formula is C10H11N5O. The first-order valence-corrected chi connectivity index (χ1v) is 4.59. The Morgan fingerprint density at radius 2 is 1.81 bits per heavy atom. The van der Waals surface area contributed by atoms with Crippen LogP contribution in [0.15, 0.2) is 30.5 Å². The third kappa shape index (κ3) is 1.56. The Balaban J connectivity index is 2.49. The third-order valence-electron chi connectivity index (χ3n) is 2.21. The highest BCUT2D eigenvalue weighted by atomic mass is 16.1. The zero-order chi connectivity index (χ0) is 11.7. The molecule has 0 unspecified atom stereocenters. The molecule has 16 heavy (non-hydrogen) atoms. The first kappa shape index (κ1) is 10.0. The van der Waals surface area contributed by atoms with Crippen LogP contribution in [0.1, 0.15) is 10.4 Å². The van der Waals surface area contributed by atoms with E-state index >= 15 is 0 Å². The number of nitrogens with zero attached hydrogens (tertiary/aromatic N) is 2. The smallest absolute Gasteiger partial charge is 0.254 e. The van der Waals surface area contributed by atoms with Crippen molar-refractivity contribution >= 4 is 17.4 Å². The second-order valence-electron chi connectivity index (χ2n) is 3.31. The van der Waals surface area contributed by atoms with Gasteiger partial charge in [-0.05, 0) is 24.3 Å². The maximum absolute atomic E-state index is 11.0. The van der Waals surface area contributed by atoms with Crippen LogP contribution < -0.4 is 17.2 Å². The fraction of sp³-hybridized carbons (Fsp3) is 0. The number of nitrogens with two attached hydrogens (primary N) is 3. The van der Waals surface area contributed by atoms with E-state index in [0.717, 1.165) is 5.69 Å². The Morgan fingerprint density at radius 1 is 1.19 bits per heavy atom. The summed E-state index contributed by atoms with van der Waals surface area (Å²) < 4.78 is 1.43. The molecule has 6 heteroatoms. The van der Waals surface area contributed by atoms with Crippen LogP contribution in [0, 0.1) is 0 Å². The Hall–Kier alpha value is -2.50. The maximum atomic E-state index is 11.0. The van der Waals surface area contributed by atoms with E-state index in [0.29, 0.717) is 5.69 Å². The van der Waals surface area contributed by atoms with Crippen molar-refractivity contribution in [1.29, 1.82) is 0 Å². The largest absolute Gasteiger partial charge is 0.399 e. The lowest BCUT2D eigenvalue weighted by atomic mass is 10.3. The molecule has 1 amide bonds. The molecule has 2 aromatic rings. The van der Waals surface area contributed by atoms with Crippen molar-refractivity contribution in [3.05, 3.63) is 36.0 Å². The third-order valence-corrected chi connectivity index (χ3v) is 2.21. The molecule has 2 rings (SSSR count). The highest BCUT2D eigenvalue weighted by Crippen LogP contribution is 2.17. The molecule has 6 N–H and O–H groups in total. The van der Waals surface area contributed by atoms with Crippen LogP contribution in [0.5, 0.6) is 0 Å². The molecule has 1 heterocycles. The normalized spacial score (nSPS) is 10.2. The van der Waals surface area contributed by atoms with Crippen LogP contribution >= 0.6 is 0 Å². The van der Waals surface area contributed by atoms with Gasteiger partial charge in [0, 0.05) is 5.69 Å². The van der Waals surface area contributed by atoms with Gasteiger partial charge >= 0.3 is 0 Å². The van der Waals surface area contributed by atoms with Crippen molar-refractivity contribution in [1.82, 2.24) is 9.78 Å². The minimum Gasteiger partial charge on any atom is -0.399 e. The Bertz CT molecular complexity index is 529. The molecule has 0 radical (unpaired) electrons. The standard InChI is InChI=1S/C10H11N5O/c11-6-1-3-7(4-2-6)15-9(12)8(5-14-15)10(13)16/h1-5H,11-12H2,(H2,13,16). The van der Waals surface area contributed by atoms with Gasteiger partial charge in [-0.15, -0.1) is 0 Å². The first-order chi connectivity index (χ1) is 7.59. The molecule has 1 aromatic heterocycles. The van der Waals surface area contributed by atoms with E-state index in [1.165, 1.54) is 10.9 Å². The number of hydrogen-bond donors (Lipinski definition) is 3. The predicted octanol–water partition coefficient (Wildman–Crippen LogP) is 0.136. The van der Waals surface area contributed by atoms with Gasteiger partial charge in [0.25, 0.3) is 5.91 Å². The summed E-state index contributed by atoms with van der Waals surface area (Å²) in [5, 5.41) is 3.99.